The van der Waals surface area contributed by atoms with Crippen molar-refractivity contribution < 1.29 is 14.8 Å². The molecular weight excluding hydrogens is 310 g/mol. The largest absolute Gasteiger partial charge is 0.491 e. The maximum Gasteiger partial charge on any atom is 0.342 e. The lowest BCUT2D eigenvalue weighted by atomic mass is 9.87. The molecule has 0 saturated carbocycles. The molecule has 0 bridgehead atoms. The summed E-state index contributed by atoms with van der Waals surface area (Å²) in [6.07, 6.45) is 0.313. The third kappa shape index (κ3) is 4.32. The van der Waals surface area contributed by atoms with Crippen molar-refractivity contribution in [1.29, 1.82) is 0 Å². The fraction of sp³-hybridized carbons (Fsp3) is 0.471. The van der Waals surface area contributed by atoms with Gasteiger partial charge in [0.15, 0.2) is 5.82 Å². The molecule has 0 aliphatic heterocycles. The molecule has 1 unspecified atom stereocenters. The first kappa shape index (κ1) is 17.9. The average molecular weight is 333 g/mol. The van der Waals surface area contributed by atoms with Crippen molar-refractivity contribution in [2.45, 2.75) is 45.8 Å². The van der Waals surface area contributed by atoms with Crippen LogP contribution in [-0.4, -0.2) is 32.3 Å². The third-order valence-corrected chi connectivity index (χ3v) is 3.78. The van der Waals surface area contributed by atoms with E-state index < -0.39 is 11.0 Å². The lowest BCUT2D eigenvalue weighted by molar-refractivity contribution is -0.392. The van der Waals surface area contributed by atoms with Gasteiger partial charge in [-0.3, -0.25) is 0 Å². The van der Waals surface area contributed by atoms with E-state index in [-0.39, 0.29) is 24.4 Å². The van der Waals surface area contributed by atoms with Gasteiger partial charge in [0.25, 0.3) is 0 Å². The van der Waals surface area contributed by atoms with E-state index in [2.05, 4.69) is 25.8 Å². The molecule has 7 nitrogen and oxygen atoms in total. The summed E-state index contributed by atoms with van der Waals surface area (Å²) in [4.78, 5) is 14.3. The van der Waals surface area contributed by atoms with Crippen LogP contribution in [0.15, 0.2) is 30.5 Å². The van der Waals surface area contributed by atoms with Gasteiger partial charge in [-0.2, -0.15) is 0 Å². The molecule has 7 heteroatoms. The van der Waals surface area contributed by atoms with Crippen LogP contribution in [-0.2, 0) is 12.0 Å². The summed E-state index contributed by atoms with van der Waals surface area (Å²) in [5, 5.41) is 21.0. The normalized spacial score (nSPS) is 12.9. The summed E-state index contributed by atoms with van der Waals surface area (Å²) < 4.78 is 6.94. The standard InChI is InChI=1S/C17H23N3O4/c1-12-18-9-16(20(22)23)19(12)10-14(21)11-24-15-7-5-13(6-8-15)17(2,3)4/h5-9,14,21H,10-11H2,1-4H3. The molecule has 1 N–H and O–H groups in total. The van der Waals surface area contributed by atoms with Gasteiger partial charge in [-0.25, -0.2) is 9.55 Å². The Kier molecular flexibility index (Phi) is 5.23. The number of ether oxygens (including phenoxy) is 1. The van der Waals surface area contributed by atoms with Crippen LogP contribution in [0.2, 0.25) is 0 Å². The number of aliphatic hydroxyl groups is 1. The monoisotopic (exact) mass is 333 g/mol. The van der Waals surface area contributed by atoms with Gasteiger partial charge in [-0.05, 0) is 28.0 Å². The highest BCUT2D eigenvalue weighted by Crippen LogP contribution is 2.24. The van der Waals surface area contributed by atoms with Gasteiger partial charge >= 0.3 is 5.82 Å². The number of aromatic nitrogens is 2. The number of aryl methyl sites for hydroxylation is 1. The molecule has 1 aromatic carbocycles. The van der Waals surface area contributed by atoms with Gasteiger partial charge in [0.05, 0.1) is 0 Å². The molecule has 24 heavy (non-hydrogen) atoms. The summed E-state index contributed by atoms with van der Waals surface area (Å²) in [5.41, 5.74) is 1.26. The molecule has 0 aliphatic carbocycles. The highest BCUT2D eigenvalue weighted by molar-refractivity contribution is 5.31. The summed E-state index contributed by atoms with van der Waals surface area (Å²) in [6.45, 7) is 8.16. The number of imidazole rings is 1. The van der Waals surface area contributed by atoms with Crippen molar-refractivity contribution in [2.24, 2.45) is 0 Å². The van der Waals surface area contributed by atoms with Crippen LogP contribution in [0.5, 0.6) is 5.75 Å². The van der Waals surface area contributed by atoms with Crippen LogP contribution < -0.4 is 4.74 Å². The zero-order valence-electron chi connectivity index (χ0n) is 14.4. The molecule has 0 radical (unpaired) electrons. The van der Waals surface area contributed by atoms with Crippen LogP contribution in [0.1, 0.15) is 32.2 Å². The number of benzene rings is 1. The first-order valence-electron chi connectivity index (χ1n) is 7.76. The lowest BCUT2D eigenvalue weighted by Gasteiger charge is -2.19. The van der Waals surface area contributed by atoms with Crippen LogP contribution >= 0.6 is 0 Å². The lowest BCUT2D eigenvalue weighted by Crippen LogP contribution is -2.24. The Bertz CT molecular complexity index is 702. The molecule has 0 aliphatic rings. The smallest absolute Gasteiger partial charge is 0.342 e. The van der Waals surface area contributed by atoms with Crippen molar-refractivity contribution in [3.05, 3.63) is 52.0 Å². The fourth-order valence-electron chi connectivity index (χ4n) is 2.33. The molecule has 1 atom stereocenters. The molecule has 0 spiro atoms. The minimum Gasteiger partial charge on any atom is -0.491 e. The van der Waals surface area contributed by atoms with E-state index in [0.717, 1.165) is 0 Å². The Labute approximate surface area is 141 Å². The number of rotatable bonds is 6. The summed E-state index contributed by atoms with van der Waals surface area (Å²) in [7, 11) is 0. The van der Waals surface area contributed by atoms with Crippen LogP contribution in [0.3, 0.4) is 0 Å². The maximum atomic E-state index is 10.9. The van der Waals surface area contributed by atoms with Gasteiger partial charge in [0.2, 0.25) is 0 Å². The predicted molar refractivity (Wildman–Crippen MR) is 90.3 cm³/mol. The Morgan fingerprint density at radius 1 is 1.33 bits per heavy atom. The van der Waals surface area contributed by atoms with Crippen molar-refractivity contribution in [3.63, 3.8) is 0 Å². The molecular formula is C17H23N3O4. The zero-order chi connectivity index (χ0) is 17.9. The van der Waals surface area contributed by atoms with E-state index in [1.54, 1.807) is 6.92 Å². The van der Waals surface area contributed by atoms with Crippen LogP contribution in [0.25, 0.3) is 0 Å². The molecule has 2 rings (SSSR count). The Hall–Kier alpha value is -2.41. The number of aliphatic hydroxyl groups excluding tert-OH is 1. The number of hydrogen-bond donors (Lipinski definition) is 1. The summed E-state index contributed by atoms with van der Waals surface area (Å²) in [5.74, 6) is 0.996. The van der Waals surface area contributed by atoms with Crippen molar-refractivity contribution in [2.75, 3.05) is 6.61 Å². The summed E-state index contributed by atoms with van der Waals surface area (Å²) in [6, 6.07) is 7.70. The van der Waals surface area contributed by atoms with E-state index in [4.69, 9.17) is 4.74 Å². The van der Waals surface area contributed by atoms with E-state index in [1.807, 2.05) is 24.3 Å². The molecule has 0 fully saturated rings. The van der Waals surface area contributed by atoms with E-state index in [9.17, 15) is 15.2 Å². The zero-order valence-corrected chi connectivity index (χ0v) is 14.4. The van der Waals surface area contributed by atoms with Crippen molar-refractivity contribution in [1.82, 2.24) is 9.55 Å². The molecule has 130 valence electrons. The molecule has 1 aromatic heterocycles. The molecule has 2 aromatic rings. The van der Waals surface area contributed by atoms with E-state index >= 15 is 0 Å². The first-order chi connectivity index (χ1) is 11.2. The minimum absolute atomic E-state index is 0.0453. The average Bonchev–Trinajstić information content (AvgIpc) is 2.86. The fourth-order valence-corrected chi connectivity index (χ4v) is 2.33. The van der Waals surface area contributed by atoms with Crippen molar-refractivity contribution >= 4 is 5.82 Å². The number of nitro groups is 1. The van der Waals surface area contributed by atoms with Gasteiger partial charge in [0, 0.05) is 6.92 Å². The van der Waals surface area contributed by atoms with Crippen molar-refractivity contribution in [3.8, 4) is 5.75 Å². The quantitative estimate of drug-likeness (QED) is 0.648. The summed E-state index contributed by atoms with van der Waals surface area (Å²) >= 11 is 0. The van der Waals surface area contributed by atoms with E-state index in [1.165, 1.54) is 16.3 Å². The van der Waals surface area contributed by atoms with Gasteiger partial charge in [0.1, 0.15) is 31.2 Å². The first-order valence-corrected chi connectivity index (χ1v) is 7.76. The Balaban J connectivity index is 1.95. The van der Waals surface area contributed by atoms with Crippen LogP contribution in [0.4, 0.5) is 5.82 Å². The highest BCUT2D eigenvalue weighted by atomic mass is 16.6. The van der Waals surface area contributed by atoms with Gasteiger partial charge in [-0.1, -0.05) is 32.9 Å². The third-order valence-electron chi connectivity index (χ3n) is 3.78. The second-order valence-corrected chi connectivity index (χ2v) is 6.77. The highest BCUT2D eigenvalue weighted by Gasteiger charge is 2.21. The Morgan fingerprint density at radius 3 is 2.50 bits per heavy atom. The second-order valence-electron chi connectivity index (χ2n) is 6.77. The second kappa shape index (κ2) is 7.00. The minimum atomic E-state index is -0.876. The Morgan fingerprint density at radius 2 is 1.96 bits per heavy atom. The maximum absolute atomic E-state index is 10.9. The molecule has 0 saturated heterocycles. The van der Waals surface area contributed by atoms with E-state index in [0.29, 0.717) is 11.6 Å². The molecule has 1 heterocycles. The topological polar surface area (TPSA) is 90.4 Å². The number of nitrogens with zero attached hydrogens (tertiary/aromatic N) is 3. The number of hydrogen-bond acceptors (Lipinski definition) is 5. The SMILES string of the molecule is Cc1ncc([N+](=O)[O-])n1CC(O)COc1ccc(C(C)(C)C)cc1. The van der Waals surface area contributed by atoms with Gasteiger partial charge in [-0.15, -0.1) is 0 Å². The van der Waals surface area contributed by atoms with Crippen LogP contribution in [0, 0.1) is 17.0 Å². The molecule has 0 amide bonds. The predicted octanol–water partition coefficient (Wildman–Crippen LogP) is 2.84. The van der Waals surface area contributed by atoms with Gasteiger partial charge < -0.3 is 20.0 Å².